The van der Waals surface area contributed by atoms with Crippen LogP contribution in [0, 0.1) is 23.2 Å². The van der Waals surface area contributed by atoms with E-state index in [-0.39, 0.29) is 35.5 Å². The second-order valence-corrected chi connectivity index (χ2v) is 16.2. The summed E-state index contributed by atoms with van der Waals surface area (Å²) in [6, 6.07) is 15.6. The van der Waals surface area contributed by atoms with Gasteiger partial charge in [0.15, 0.2) is 0 Å². The number of likely N-dealkylation sites (tertiary alicyclic amines) is 1. The molecule has 3 aliphatic rings. The second-order valence-electron chi connectivity index (χ2n) is 16.2. The quantitative estimate of drug-likeness (QED) is 0.0844. The maximum atomic E-state index is 13.6. The molecule has 5 rings (SSSR count). The van der Waals surface area contributed by atoms with Gasteiger partial charge in [0.05, 0.1) is 131 Å². The van der Waals surface area contributed by atoms with Crippen LogP contribution in [0.3, 0.4) is 0 Å². The number of hydrogen-bond acceptors (Lipinski definition) is 12. The molecule has 15 nitrogen and oxygen atoms in total. The van der Waals surface area contributed by atoms with Crippen molar-refractivity contribution in [2.45, 2.75) is 57.9 Å². The van der Waals surface area contributed by atoms with Gasteiger partial charge < -0.3 is 57.7 Å². The SMILES string of the molecule is COCCOCCOCCOCCOCCOCCOCCOCCOCCC(=O)N1CCC2(CCC(C(=O)NCCC(=O)N3Cc4ccccc4C#Cc4ccccc43)CC2)CC1. The van der Waals surface area contributed by atoms with Crippen molar-refractivity contribution >= 4 is 23.4 Å². The molecule has 1 spiro atoms. The van der Waals surface area contributed by atoms with E-state index in [2.05, 4.69) is 17.2 Å². The predicted octanol–water partition coefficient (Wildman–Crippen LogP) is 4.41. The Morgan fingerprint density at radius 1 is 0.578 bits per heavy atom. The first kappa shape index (κ1) is 51.0. The van der Waals surface area contributed by atoms with E-state index in [1.165, 1.54) is 0 Å². The number of piperidine rings is 1. The zero-order chi connectivity index (χ0) is 44.9. The zero-order valence-electron chi connectivity index (χ0n) is 38.0. The monoisotopic (exact) mass is 894 g/mol. The summed E-state index contributed by atoms with van der Waals surface area (Å²) in [6.07, 6.45) is 6.13. The molecule has 2 aromatic rings. The van der Waals surface area contributed by atoms with E-state index in [9.17, 15) is 14.4 Å². The first-order chi connectivity index (χ1) is 31.5. The molecule has 3 amide bonds. The number of nitrogens with zero attached hydrogens (tertiary/aromatic N) is 2. The molecule has 2 fully saturated rings. The number of benzene rings is 2. The third kappa shape index (κ3) is 18.5. The van der Waals surface area contributed by atoms with E-state index in [0.717, 1.165) is 74.0 Å². The number of ether oxygens (including phenoxy) is 9. The van der Waals surface area contributed by atoms with Crippen molar-refractivity contribution in [3.05, 3.63) is 65.2 Å². The van der Waals surface area contributed by atoms with Gasteiger partial charge in [-0.2, -0.15) is 0 Å². The number of carbonyl (C=O) groups is 3. The van der Waals surface area contributed by atoms with Gasteiger partial charge in [-0.05, 0) is 67.7 Å². The third-order valence-electron chi connectivity index (χ3n) is 11.9. The molecule has 0 atom stereocenters. The Bertz CT molecular complexity index is 1720. The van der Waals surface area contributed by atoms with Crippen molar-refractivity contribution in [3.8, 4) is 11.8 Å². The second kappa shape index (κ2) is 30.3. The van der Waals surface area contributed by atoms with E-state index in [0.29, 0.717) is 132 Å². The van der Waals surface area contributed by atoms with Crippen LogP contribution in [0.2, 0.25) is 0 Å². The molecule has 64 heavy (non-hydrogen) atoms. The Morgan fingerprint density at radius 2 is 1.05 bits per heavy atom. The summed E-state index contributed by atoms with van der Waals surface area (Å²) in [6.45, 7) is 10.6. The van der Waals surface area contributed by atoms with Crippen LogP contribution in [0.4, 0.5) is 5.69 Å². The highest BCUT2D eigenvalue weighted by molar-refractivity contribution is 5.95. The van der Waals surface area contributed by atoms with E-state index in [1.807, 2.05) is 53.4 Å². The molecule has 0 radical (unpaired) electrons. The average molecular weight is 894 g/mol. The minimum atomic E-state index is -0.0482. The van der Waals surface area contributed by atoms with Crippen molar-refractivity contribution in [2.75, 3.05) is 144 Å². The van der Waals surface area contributed by atoms with E-state index in [1.54, 1.807) is 12.0 Å². The van der Waals surface area contributed by atoms with Gasteiger partial charge in [-0.15, -0.1) is 0 Å². The lowest BCUT2D eigenvalue weighted by atomic mass is 9.65. The Morgan fingerprint density at radius 3 is 1.59 bits per heavy atom. The normalized spacial score (nSPS) is 15.8. The highest BCUT2D eigenvalue weighted by atomic mass is 16.6. The van der Waals surface area contributed by atoms with Gasteiger partial charge >= 0.3 is 0 Å². The lowest BCUT2D eigenvalue weighted by Gasteiger charge is -2.45. The van der Waals surface area contributed by atoms with Crippen LogP contribution >= 0.6 is 0 Å². The van der Waals surface area contributed by atoms with Gasteiger partial charge in [-0.1, -0.05) is 42.2 Å². The van der Waals surface area contributed by atoms with Gasteiger partial charge in [0.2, 0.25) is 17.7 Å². The largest absolute Gasteiger partial charge is 0.382 e. The number of hydrogen-bond donors (Lipinski definition) is 1. The third-order valence-corrected chi connectivity index (χ3v) is 11.9. The van der Waals surface area contributed by atoms with Crippen molar-refractivity contribution < 1.29 is 57.0 Å². The van der Waals surface area contributed by atoms with Crippen molar-refractivity contribution in [3.63, 3.8) is 0 Å². The Kier molecular flexibility index (Phi) is 24.2. The van der Waals surface area contributed by atoms with Crippen LogP contribution in [0.5, 0.6) is 0 Å². The summed E-state index contributed by atoms with van der Waals surface area (Å²) >= 11 is 0. The van der Waals surface area contributed by atoms with Crippen LogP contribution in [-0.2, 0) is 63.6 Å². The molecular weight excluding hydrogens is 823 g/mol. The average Bonchev–Trinajstić information content (AvgIpc) is 3.31. The first-order valence-corrected chi connectivity index (χ1v) is 23.1. The topological polar surface area (TPSA) is 153 Å². The van der Waals surface area contributed by atoms with Crippen LogP contribution in [0.1, 0.15) is 68.1 Å². The van der Waals surface area contributed by atoms with E-state index < -0.39 is 0 Å². The van der Waals surface area contributed by atoms with Gasteiger partial charge in [0.25, 0.3) is 0 Å². The maximum absolute atomic E-state index is 13.6. The van der Waals surface area contributed by atoms with Crippen LogP contribution in [-0.4, -0.2) is 162 Å². The molecule has 0 bridgehead atoms. The fourth-order valence-corrected chi connectivity index (χ4v) is 8.10. The Labute approximate surface area is 380 Å². The molecule has 0 unspecified atom stereocenters. The minimum Gasteiger partial charge on any atom is -0.382 e. The molecule has 2 heterocycles. The summed E-state index contributed by atoms with van der Waals surface area (Å²) in [7, 11) is 1.64. The fraction of sp³-hybridized carbons (Fsp3) is 0.653. The fourth-order valence-electron chi connectivity index (χ4n) is 8.10. The number of rotatable bonds is 31. The molecule has 1 N–H and O–H groups in total. The first-order valence-electron chi connectivity index (χ1n) is 23.1. The molecule has 2 aromatic carbocycles. The summed E-state index contributed by atoms with van der Waals surface area (Å²) in [5.41, 5.74) is 3.73. The minimum absolute atomic E-state index is 0.0338. The standard InChI is InChI=1S/C49H71N3O12/c1-56-24-25-58-28-29-60-32-33-62-36-37-64-39-38-63-35-34-61-31-30-59-27-26-57-23-15-46(53)51-21-18-49(19-22-51)16-12-43(13-17-49)48(55)50-20-14-47(54)52-40-44-8-3-2-6-41(44)10-11-42-7-4-5-9-45(42)52/h2-9,43H,12-40H2,1H3,(H,50,55). The molecule has 2 aliphatic heterocycles. The van der Waals surface area contributed by atoms with Gasteiger partial charge in [-0.25, -0.2) is 0 Å². The highest BCUT2D eigenvalue weighted by Crippen LogP contribution is 2.46. The summed E-state index contributed by atoms with van der Waals surface area (Å²) < 4.78 is 48.9. The van der Waals surface area contributed by atoms with Crippen LogP contribution in [0.15, 0.2) is 48.5 Å². The smallest absolute Gasteiger partial charge is 0.229 e. The van der Waals surface area contributed by atoms with Crippen molar-refractivity contribution in [1.29, 1.82) is 0 Å². The Hall–Kier alpha value is -3.95. The lowest BCUT2D eigenvalue weighted by Crippen LogP contribution is -2.46. The van der Waals surface area contributed by atoms with Gasteiger partial charge in [0, 0.05) is 50.2 Å². The number of fused-ring (bicyclic) bond motifs is 2. The highest BCUT2D eigenvalue weighted by Gasteiger charge is 2.40. The number of amides is 3. The predicted molar refractivity (Wildman–Crippen MR) is 241 cm³/mol. The lowest BCUT2D eigenvalue weighted by molar-refractivity contribution is -0.135. The van der Waals surface area contributed by atoms with Gasteiger partial charge in [-0.3, -0.25) is 14.4 Å². The molecular formula is C49H71N3O12. The van der Waals surface area contributed by atoms with Crippen LogP contribution in [0.25, 0.3) is 0 Å². The van der Waals surface area contributed by atoms with Crippen LogP contribution < -0.4 is 10.2 Å². The molecule has 15 heteroatoms. The number of para-hydroxylation sites is 1. The summed E-state index contributed by atoms with van der Waals surface area (Å²) in [5, 5.41) is 3.06. The Balaban J connectivity index is 0.801. The molecule has 1 saturated carbocycles. The van der Waals surface area contributed by atoms with E-state index >= 15 is 0 Å². The van der Waals surface area contributed by atoms with E-state index in [4.69, 9.17) is 42.6 Å². The number of nitrogens with one attached hydrogen (secondary N) is 1. The molecule has 1 saturated heterocycles. The van der Waals surface area contributed by atoms with Crippen molar-refractivity contribution in [1.82, 2.24) is 10.2 Å². The number of methoxy groups -OCH3 is 1. The maximum Gasteiger partial charge on any atom is 0.229 e. The molecule has 1 aliphatic carbocycles. The summed E-state index contributed by atoms with van der Waals surface area (Å²) in [5.74, 6) is 6.56. The summed E-state index contributed by atoms with van der Waals surface area (Å²) in [4.78, 5) is 43.5. The molecule has 354 valence electrons. The van der Waals surface area contributed by atoms with Gasteiger partial charge in [0.1, 0.15) is 0 Å². The molecule has 0 aromatic heterocycles. The number of anilines is 1. The zero-order valence-corrected chi connectivity index (χ0v) is 38.0. The van der Waals surface area contributed by atoms with Crippen molar-refractivity contribution in [2.24, 2.45) is 11.3 Å². The number of carbonyl (C=O) groups excluding carboxylic acids is 3.